The summed E-state index contributed by atoms with van der Waals surface area (Å²) in [5.41, 5.74) is 3.28. The van der Waals surface area contributed by atoms with Crippen LogP contribution in [0.15, 0.2) is 35.3 Å². The van der Waals surface area contributed by atoms with Gasteiger partial charge in [-0.1, -0.05) is 30.3 Å². The van der Waals surface area contributed by atoms with E-state index in [1.54, 1.807) is 0 Å². The Labute approximate surface area is 104 Å². The molecule has 1 aromatic rings. The number of amides is 1. The highest BCUT2D eigenvalue weighted by molar-refractivity contribution is 5.86. The van der Waals surface area contributed by atoms with Crippen LogP contribution in [0.1, 0.15) is 12.5 Å². The summed E-state index contributed by atoms with van der Waals surface area (Å²) in [4.78, 5) is 29.3. The largest absolute Gasteiger partial charge is 0.391 e. The number of aliphatic hydroxyl groups is 1. The fourth-order valence-electron chi connectivity index (χ4n) is 1.26. The zero-order valence-corrected chi connectivity index (χ0v) is 9.87. The molecule has 2 N–H and O–H groups in total. The lowest BCUT2D eigenvalue weighted by Gasteiger charge is -2.17. The summed E-state index contributed by atoms with van der Waals surface area (Å²) in [6.07, 6.45) is 0.0930. The quantitative estimate of drug-likeness (QED) is 0.431. The summed E-state index contributed by atoms with van der Waals surface area (Å²) in [6, 6.07) is 8.20. The van der Waals surface area contributed by atoms with Gasteiger partial charge in [-0.3, -0.25) is 9.63 Å². The second-order valence-electron chi connectivity index (χ2n) is 3.65. The van der Waals surface area contributed by atoms with Gasteiger partial charge in [-0.2, -0.15) is 5.48 Å². The first-order valence-electron chi connectivity index (χ1n) is 5.36. The number of carbonyl (C=O) groups is 1. The molecule has 0 radical (unpaired) electrons. The van der Waals surface area contributed by atoms with Crippen molar-refractivity contribution < 1.29 is 19.5 Å². The smallest absolute Gasteiger partial charge is 0.278 e. The predicted octanol–water partition coefficient (Wildman–Crippen LogP) is 0.320. The lowest BCUT2D eigenvalue weighted by atomic mass is 10.2. The van der Waals surface area contributed by atoms with Crippen LogP contribution in [0, 0.1) is 0 Å². The normalized spacial score (nSPS) is 13.4. The van der Waals surface area contributed by atoms with E-state index in [-0.39, 0.29) is 6.61 Å². The molecule has 18 heavy (non-hydrogen) atoms. The third-order valence-electron chi connectivity index (χ3n) is 2.20. The number of nitrogens with zero attached hydrogens (tertiary/aromatic N) is 1. The lowest BCUT2D eigenvalue weighted by Crippen LogP contribution is -2.44. The zero-order valence-electron chi connectivity index (χ0n) is 9.87. The van der Waals surface area contributed by atoms with Crippen molar-refractivity contribution in [3.05, 3.63) is 35.9 Å². The second kappa shape index (κ2) is 7.47. The van der Waals surface area contributed by atoms with Crippen molar-refractivity contribution in [2.75, 3.05) is 0 Å². The van der Waals surface area contributed by atoms with Gasteiger partial charge in [0, 0.05) is 0 Å². The van der Waals surface area contributed by atoms with E-state index in [4.69, 9.17) is 4.84 Å². The fourth-order valence-corrected chi connectivity index (χ4v) is 1.26. The fraction of sp³-hybridized carbons (Fsp3) is 0.333. The number of rotatable bonds is 6. The molecule has 6 nitrogen and oxygen atoms in total. The maximum absolute atomic E-state index is 11.3. The number of aliphatic hydroxyl groups excluding tert-OH is 1. The Morgan fingerprint density at radius 3 is 2.72 bits per heavy atom. The van der Waals surface area contributed by atoms with Crippen molar-refractivity contribution in [1.82, 2.24) is 5.48 Å². The number of nitrogens with one attached hydrogen (secondary N) is 1. The maximum atomic E-state index is 11.3. The number of carbonyl (C=O) groups excluding carboxylic acids is 2. The van der Waals surface area contributed by atoms with E-state index in [9.17, 15) is 14.7 Å². The molecule has 6 heteroatoms. The van der Waals surface area contributed by atoms with Crippen molar-refractivity contribution >= 4 is 12.0 Å². The monoisotopic (exact) mass is 250 g/mol. The highest BCUT2D eigenvalue weighted by atomic mass is 16.6. The van der Waals surface area contributed by atoms with Crippen LogP contribution in [-0.2, 0) is 21.0 Å². The van der Waals surface area contributed by atoms with Gasteiger partial charge in [0.25, 0.3) is 5.91 Å². The Balaban J connectivity index is 2.48. The Bertz CT molecular complexity index is 427. The molecule has 0 aromatic heterocycles. The molecule has 0 spiro atoms. The molecule has 1 amide bonds. The van der Waals surface area contributed by atoms with Gasteiger partial charge in [0.2, 0.25) is 6.08 Å². The molecule has 0 bridgehead atoms. The number of hydrogen-bond donors (Lipinski definition) is 2. The van der Waals surface area contributed by atoms with Gasteiger partial charge in [-0.05, 0) is 12.5 Å². The minimum Gasteiger partial charge on any atom is -0.391 e. The van der Waals surface area contributed by atoms with E-state index in [1.807, 2.05) is 30.3 Å². The third kappa shape index (κ3) is 4.57. The minimum absolute atomic E-state index is 0.224. The molecular formula is C12H14N2O4. The Morgan fingerprint density at radius 2 is 2.17 bits per heavy atom. The van der Waals surface area contributed by atoms with Crippen molar-refractivity contribution in [2.24, 2.45) is 4.99 Å². The van der Waals surface area contributed by atoms with Gasteiger partial charge in [0.15, 0.2) is 0 Å². The van der Waals surface area contributed by atoms with Crippen molar-refractivity contribution in [2.45, 2.75) is 25.7 Å². The van der Waals surface area contributed by atoms with Crippen LogP contribution in [0.25, 0.3) is 0 Å². The van der Waals surface area contributed by atoms with E-state index in [1.165, 1.54) is 6.92 Å². The summed E-state index contributed by atoms with van der Waals surface area (Å²) in [6.45, 7) is 1.61. The average Bonchev–Trinajstić information content (AvgIpc) is 2.35. The molecule has 96 valence electrons. The number of hydroxylamine groups is 1. The van der Waals surface area contributed by atoms with Crippen LogP contribution >= 0.6 is 0 Å². The van der Waals surface area contributed by atoms with Gasteiger partial charge >= 0.3 is 0 Å². The lowest BCUT2D eigenvalue weighted by molar-refractivity contribution is -0.128. The third-order valence-corrected chi connectivity index (χ3v) is 2.20. The Kier molecular flexibility index (Phi) is 5.90. The minimum atomic E-state index is -1.09. The number of hydrogen-bond acceptors (Lipinski definition) is 5. The van der Waals surface area contributed by atoms with Crippen molar-refractivity contribution in [3.8, 4) is 0 Å². The highest BCUT2D eigenvalue weighted by Gasteiger charge is 2.23. The molecule has 0 aliphatic carbocycles. The number of aliphatic imine (C=N–C) groups is 1. The molecule has 2 atom stereocenters. The molecule has 0 saturated heterocycles. The molecule has 0 heterocycles. The summed E-state index contributed by atoms with van der Waals surface area (Å²) in [7, 11) is 0. The summed E-state index contributed by atoms with van der Waals surface area (Å²) in [5, 5.41) is 9.35. The van der Waals surface area contributed by atoms with Gasteiger partial charge in [0.05, 0.1) is 12.7 Å². The first kappa shape index (κ1) is 14.2. The maximum Gasteiger partial charge on any atom is 0.278 e. The molecule has 0 fully saturated rings. The topological polar surface area (TPSA) is 88.0 Å². The van der Waals surface area contributed by atoms with E-state index in [0.29, 0.717) is 0 Å². The van der Waals surface area contributed by atoms with Crippen LogP contribution < -0.4 is 5.48 Å². The van der Waals surface area contributed by atoms with Gasteiger partial charge in [0.1, 0.15) is 6.04 Å². The highest BCUT2D eigenvalue weighted by Crippen LogP contribution is 2.01. The molecule has 1 rings (SSSR count). The summed E-state index contributed by atoms with van der Waals surface area (Å²) < 4.78 is 0. The predicted molar refractivity (Wildman–Crippen MR) is 63.0 cm³/mol. The van der Waals surface area contributed by atoms with Crippen LogP contribution in [0.4, 0.5) is 0 Å². The molecule has 0 unspecified atom stereocenters. The zero-order chi connectivity index (χ0) is 13.4. The van der Waals surface area contributed by atoms with Gasteiger partial charge in [-0.25, -0.2) is 4.79 Å². The summed E-state index contributed by atoms with van der Waals surface area (Å²) in [5.74, 6) is -0.826. The van der Waals surface area contributed by atoms with Crippen LogP contribution in [0.2, 0.25) is 0 Å². The van der Waals surface area contributed by atoms with Crippen LogP contribution in [-0.4, -0.2) is 29.2 Å². The molecule has 1 aromatic carbocycles. The molecule has 0 saturated carbocycles. The SMILES string of the molecule is C[C@@H](O)[C@H](NOCc1ccccc1)C(=O)N=C=O. The average molecular weight is 250 g/mol. The Hall–Kier alpha value is -1.85. The van der Waals surface area contributed by atoms with E-state index in [0.717, 1.165) is 11.6 Å². The van der Waals surface area contributed by atoms with E-state index < -0.39 is 18.1 Å². The van der Waals surface area contributed by atoms with E-state index in [2.05, 4.69) is 10.5 Å². The molecular weight excluding hydrogens is 236 g/mol. The second-order valence-corrected chi connectivity index (χ2v) is 3.65. The molecule has 0 aliphatic rings. The van der Waals surface area contributed by atoms with Crippen LogP contribution in [0.5, 0.6) is 0 Å². The van der Waals surface area contributed by atoms with Crippen molar-refractivity contribution in [1.29, 1.82) is 0 Å². The Morgan fingerprint density at radius 1 is 1.50 bits per heavy atom. The molecule has 0 aliphatic heterocycles. The summed E-state index contributed by atoms with van der Waals surface area (Å²) >= 11 is 0. The van der Waals surface area contributed by atoms with Gasteiger partial charge < -0.3 is 5.11 Å². The van der Waals surface area contributed by atoms with Gasteiger partial charge in [-0.15, -0.1) is 4.99 Å². The first-order valence-corrected chi connectivity index (χ1v) is 5.36. The number of benzene rings is 1. The van der Waals surface area contributed by atoms with E-state index >= 15 is 0 Å². The van der Waals surface area contributed by atoms with Crippen molar-refractivity contribution in [3.63, 3.8) is 0 Å². The van der Waals surface area contributed by atoms with Crippen LogP contribution in [0.3, 0.4) is 0 Å². The number of isocyanates is 1. The first-order chi connectivity index (χ1) is 8.65. The standard InChI is InChI=1S/C12H14N2O4/c1-9(16)11(12(17)13-8-15)14-18-7-10-5-3-2-4-6-10/h2-6,9,11,14,16H,7H2,1H3/t9-,11+/m1/s1.